The number of nitrogens with zero attached hydrogens (tertiary/aromatic N) is 1. The van der Waals surface area contributed by atoms with Gasteiger partial charge >= 0.3 is 0 Å². The molecule has 0 amide bonds. The van der Waals surface area contributed by atoms with E-state index in [1.807, 2.05) is 0 Å². The van der Waals surface area contributed by atoms with Crippen molar-refractivity contribution >= 4 is 0 Å². The van der Waals surface area contributed by atoms with E-state index in [1.165, 1.54) is 51.7 Å². The summed E-state index contributed by atoms with van der Waals surface area (Å²) >= 11 is 0. The first-order valence-electron chi connectivity index (χ1n) is 8.32. The first-order valence-corrected chi connectivity index (χ1v) is 8.32. The molecule has 0 aromatic heterocycles. The maximum Gasteiger partial charge on any atom is 0.0757 e. The monoisotopic (exact) mass is 266 g/mol. The highest BCUT2D eigenvalue weighted by atomic mass is 16.5. The second-order valence-electron chi connectivity index (χ2n) is 7.20. The Labute approximate surface area is 118 Å². The Morgan fingerprint density at radius 3 is 2.47 bits per heavy atom. The zero-order valence-electron chi connectivity index (χ0n) is 12.6. The molecule has 3 aliphatic rings. The number of hydrogen-bond donors (Lipinski definition) is 1. The van der Waals surface area contributed by atoms with Gasteiger partial charge in [0.15, 0.2) is 0 Å². The topological polar surface area (TPSA) is 24.5 Å². The van der Waals surface area contributed by atoms with Gasteiger partial charge in [0, 0.05) is 25.2 Å². The molecule has 0 aromatic rings. The van der Waals surface area contributed by atoms with Crippen LogP contribution < -0.4 is 5.32 Å². The molecule has 2 unspecified atom stereocenters. The van der Waals surface area contributed by atoms with Crippen LogP contribution in [0.4, 0.5) is 0 Å². The molecule has 0 radical (unpaired) electrons. The summed E-state index contributed by atoms with van der Waals surface area (Å²) in [6.07, 6.45) is 7.20. The number of piperidine rings is 1. The van der Waals surface area contributed by atoms with E-state index in [0.29, 0.717) is 12.1 Å². The van der Waals surface area contributed by atoms with Crippen molar-refractivity contribution < 1.29 is 4.74 Å². The van der Waals surface area contributed by atoms with Gasteiger partial charge in [0.05, 0.1) is 6.10 Å². The van der Waals surface area contributed by atoms with Gasteiger partial charge in [-0.25, -0.2) is 0 Å². The van der Waals surface area contributed by atoms with Crippen LogP contribution in [-0.4, -0.2) is 49.3 Å². The Bertz CT molecular complexity index is 282. The quantitative estimate of drug-likeness (QED) is 0.826. The van der Waals surface area contributed by atoms with Crippen molar-refractivity contribution in [3.8, 4) is 0 Å². The standard InChI is InChI=1S/C16H30N2O/c1-12(2)11-18-8-5-14(6-9-18)17-15-7-10-19-16(15)13-3-4-13/h12-17H,3-11H2,1-2H3. The SMILES string of the molecule is CC(C)CN1CCC(NC2CCOC2C2CC2)CC1. The number of likely N-dealkylation sites (tertiary alicyclic amines) is 1. The van der Waals surface area contributed by atoms with E-state index in [4.69, 9.17) is 4.74 Å². The predicted molar refractivity (Wildman–Crippen MR) is 78.3 cm³/mol. The van der Waals surface area contributed by atoms with E-state index >= 15 is 0 Å². The van der Waals surface area contributed by atoms with Crippen LogP contribution in [-0.2, 0) is 4.74 Å². The highest BCUT2D eigenvalue weighted by Crippen LogP contribution is 2.39. The highest BCUT2D eigenvalue weighted by Gasteiger charge is 2.41. The normalized spacial score (nSPS) is 34.3. The van der Waals surface area contributed by atoms with Crippen LogP contribution in [0.1, 0.15) is 46.0 Å². The van der Waals surface area contributed by atoms with Gasteiger partial charge in [-0.05, 0) is 57.0 Å². The molecular weight excluding hydrogens is 236 g/mol. The summed E-state index contributed by atoms with van der Waals surface area (Å²) < 4.78 is 5.93. The van der Waals surface area contributed by atoms with Crippen molar-refractivity contribution in [3.63, 3.8) is 0 Å². The van der Waals surface area contributed by atoms with Crippen molar-refractivity contribution in [2.75, 3.05) is 26.2 Å². The fourth-order valence-electron chi connectivity index (χ4n) is 3.78. The van der Waals surface area contributed by atoms with E-state index < -0.39 is 0 Å². The lowest BCUT2D eigenvalue weighted by Crippen LogP contribution is -2.49. The molecular formula is C16H30N2O. The van der Waals surface area contributed by atoms with Crippen LogP contribution in [0.15, 0.2) is 0 Å². The fourth-order valence-corrected chi connectivity index (χ4v) is 3.78. The minimum atomic E-state index is 0.536. The van der Waals surface area contributed by atoms with E-state index in [0.717, 1.165) is 24.5 Å². The average Bonchev–Trinajstić information content (AvgIpc) is 3.12. The van der Waals surface area contributed by atoms with Crippen LogP contribution in [0.2, 0.25) is 0 Å². The third-order valence-electron chi connectivity index (χ3n) is 4.88. The van der Waals surface area contributed by atoms with E-state index in [1.54, 1.807) is 0 Å². The van der Waals surface area contributed by atoms with Crippen LogP contribution in [0.3, 0.4) is 0 Å². The molecule has 1 aliphatic carbocycles. The van der Waals surface area contributed by atoms with Crippen LogP contribution in [0.25, 0.3) is 0 Å². The zero-order valence-corrected chi connectivity index (χ0v) is 12.6. The molecule has 3 rings (SSSR count). The van der Waals surface area contributed by atoms with Gasteiger partial charge < -0.3 is 15.0 Å². The van der Waals surface area contributed by atoms with Crippen molar-refractivity contribution in [3.05, 3.63) is 0 Å². The van der Waals surface area contributed by atoms with Gasteiger partial charge in [-0.15, -0.1) is 0 Å². The minimum Gasteiger partial charge on any atom is -0.376 e. The molecule has 3 nitrogen and oxygen atoms in total. The predicted octanol–water partition coefficient (Wildman–Crippen LogP) is 2.26. The van der Waals surface area contributed by atoms with Crippen LogP contribution >= 0.6 is 0 Å². The van der Waals surface area contributed by atoms with Gasteiger partial charge in [0.1, 0.15) is 0 Å². The Morgan fingerprint density at radius 1 is 1.11 bits per heavy atom. The maximum absolute atomic E-state index is 5.93. The summed E-state index contributed by atoms with van der Waals surface area (Å²) in [5.41, 5.74) is 0. The summed E-state index contributed by atoms with van der Waals surface area (Å²) in [5.74, 6) is 1.67. The van der Waals surface area contributed by atoms with Crippen LogP contribution in [0.5, 0.6) is 0 Å². The second kappa shape index (κ2) is 6.11. The summed E-state index contributed by atoms with van der Waals surface area (Å²) in [4.78, 5) is 2.63. The summed E-state index contributed by atoms with van der Waals surface area (Å²) in [5, 5.41) is 3.91. The molecule has 3 fully saturated rings. The third kappa shape index (κ3) is 3.71. The number of hydrogen-bond acceptors (Lipinski definition) is 3. The highest BCUT2D eigenvalue weighted by molar-refractivity contribution is 4.95. The van der Waals surface area contributed by atoms with Crippen LogP contribution in [0, 0.1) is 11.8 Å². The molecule has 1 N–H and O–H groups in total. The van der Waals surface area contributed by atoms with Gasteiger partial charge in [0.2, 0.25) is 0 Å². The lowest BCUT2D eigenvalue weighted by atomic mass is 9.99. The van der Waals surface area contributed by atoms with Crippen molar-refractivity contribution in [2.45, 2.75) is 64.1 Å². The van der Waals surface area contributed by atoms with Crippen molar-refractivity contribution in [1.82, 2.24) is 10.2 Å². The lowest BCUT2D eigenvalue weighted by molar-refractivity contribution is 0.0751. The molecule has 2 saturated heterocycles. The summed E-state index contributed by atoms with van der Waals surface area (Å²) in [6.45, 7) is 9.44. The smallest absolute Gasteiger partial charge is 0.0757 e. The van der Waals surface area contributed by atoms with Gasteiger partial charge in [-0.2, -0.15) is 0 Å². The fraction of sp³-hybridized carbons (Fsp3) is 1.00. The molecule has 19 heavy (non-hydrogen) atoms. The third-order valence-corrected chi connectivity index (χ3v) is 4.88. The maximum atomic E-state index is 5.93. The van der Waals surface area contributed by atoms with Gasteiger partial charge in [-0.1, -0.05) is 13.8 Å². The van der Waals surface area contributed by atoms with Crippen molar-refractivity contribution in [2.24, 2.45) is 11.8 Å². The average molecular weight is 266 g/mol. The number of nitrogens with one attached hydrogen (secondary N) is 1. The zero-order chi connectivity index (χ0) is 13.2. The molecule has 0 spiro atoms. The van der Waals surface area contributed by atoms with E-state index in [2.05, 4.69) is 24.1 Å². The molecule has 0 bridgehead atoms. The Kier molecular flexibility index (Phi) is 4.45. The molecule has 2 aliphatic heterocycles. The molecule has 110 valence electrons. The molecule has 0 aromatic carbocycles. The number of ether oxygens (including phenoxy) is 1. The largest absolute Gasteiger partial charge is 0.376 e. The Balaban J connectivity index is 1.41. The van der Waals surface area contributed by atoms with E-state index in [9.17, 15) is 0 Å². The Morgan fingerprint density at radius 2 is 1.84 bits per heavy atom. The van der Waals surface area contributed by atoms with Gasteiger partial charge in [-0.3, -0.25) is 0 Å². The Hall–Kier alpha value is -0.120. The molecule has 2 heterocycles. The molecule has 1 saturated carbocycles. The first kappa shape index (κ1) is 13.8. The molecule has 2 atom stereocenters. The summed E-state index contributed by atoms with van der Waals surface area (Å²) in [6, 6.07) is 1.38. The van der Waals surface area contributed by atoms with Crippen molar-refractivity contribution in [1.29, 1.82) is 0 Å². The first-order chi connectivity index (χ1) is 9.22. The minimum absolute atomic E-state index is 0.536. The van der Waals surface area contributed by atoms with E-state index in [-0.39, 0.29) is 0 Å². The summed E-state index contributed by atoms with van der Waals surface area (Å²) in [7, 11) is 0. The van der Waals surface area contributed by atoms with Gasteiger partial charge in [0.25, 0.3) is 0 Å². The number of rotatable bonds is 5. The molecule has 3 heteroatoms. The lowest BCUT2D eigenvalue weighted by Gasteiger charge is -2.35. The second-order valence-corrected chi connectivity index (χ2v) is 7.20.